The molecule has 0 atom stereocenters. The highest BCUT2D eigenvalue weighted by Crippen LogP contribution is 2.29. The van der Waals surface area contributed by atoms with E-state index in [1.165, 1.54) is 28.1 Å². The lowest BCUT2D eigenvalue weighted by atomic mass is 9.97. The number of hydrogen-bond acceptors (Lipinski definition) is 4. The van der Waals surface area contributed by atoms with Gasteiger partial charge in [-0.25, -0.2) is 9.97 Å². The number of aromatic nitrogens is 2. The third-order valence-electron chi connectivity index (χ3n) is 3.61. The van der Waals surface area contributed by atoms with Crippen LogP contribution < -0.4 is 5.32 Å². The first-order valence-corrected chi connectivity index (χ1v) is 7.74. The number of nitrogens with zero attached hydrogens (tertiary/aromatic N) is 2. The van der Waals surface area contributed by atoms with Crippen molar-refractivity contribution < 1.29 is 0 Å². The Balaban J connectivity index is 2.17. The molecule has 0 spiro atoms. The quantitative estimate of drug-likeness (QED) is 0.912. The molecule has 3 nitrogen and oxygen atoms in total. The summed E-state index contributed by atoms with van der Waals surface area (Å²) in [5.74, 6) is 1.34. The molecule has 2 aromatic rings. The highest BCUT2D eigenvalue weighted by Gasteiger charge is 2.20. The molecule has 0 saturated carbocycles. The van der Waals surface area contributed by atoms with Gasteiger partial charge in [0.05, 0.1) is 11.4 Å². The van der Waals surface area contributed by atoms with Gasteiger partial charge in [0.2, 0.25) is 0 Å². The van der Waals surface area contributed by atoms with Crippen LogP contribution >= 0.6 is 11.3 Å². The molecule has 4 heteroatoms. The number of aryl methyl sites for hydroxylation is 1. The Morgan fingerprint density at radius 1 is 1.26 bits per heavy atom. The van der Waals surface area contributed by atoms with Crippen molar-refractivity contribution in [3.8, 4) is 11.4 Å². The average molecular weight is 273 g/mol. The van der Waals surface area contributed by atoms with Crippen LogP contribution in [0.4, 0.5) is 0 Å². The van der Waals surface area contributed by atoms with E-state index in [0.29, 0.717) is 5.92 Å². The molecule has 0 aromatic carbocycles. The largest absolute Gasteiger partial charge is 0.311 e. The fourth-order valence-electron chi connectivity index (χ4n) is 2.58. The lowest BCUT2D eigenvalue weighted by Gasteiger charge is -2.21. The van der Waals surface area contributed by atoms with E-state index in [1.807, 2.05) is 0 Å². The van der Waals surface area contributed by atoms with Crippen molar-refractivity contribution in [2.75, 3.05) is 6.54 Å². The van der Waals surface area contributed by atoms with Crippen molar-refractivity contribution in [3.63, 3.8) is 0 Å². The van der Waals surface area contributed by atoms with Gasteiger partial charge in [0, 0.05) is 17.5 Å². The van der Waals surface area contributed by atoms with Gasteiger partial charge < -0.3 is 5.32 Å². The molecule has 0 radical (unpaired) electrons. The molecule has 1 N–H and O–H groups in total. The SMILES string of the molecule is Cc1cscc1-c1nc2c(c(C(C)C)n1)CCNC2. The van der Waals surface area contributed by atoms with Gasteiger partial charge in [-0.15, -0.1) is 0 Å². The smallest absolute Gasteiger partial charge is 0.160 e. The van der Waals surface area contributed by atoms with Crippen LogP contribution in [0.2, 0.25) is 0 Å². The minimum absolute atomic E-state index is 0.451. The molecular formula is C15H19N3S. The van der Waals surface area contributed by atoms with Gasteiger partial charge >= 0.3 is 0 Å². The summed E-state index contributed by atoms with van der Waals surface area (Å²) in [6, 6.07) is 0. The second-order valence-corrected chi connectivity index (χ2v) is 6.15. The Morgan fingerprint density at radius 2 is 2.11 bits per heavy atom. The summed E-state index contributed by atoms with van der Waals surface area (Å²) in [6.45, 7) is 8.46. The minimum Gasteiger partial charge on any atom is -0.311 e. The highest BCUT2D eigenvalue weighted by atomic mass is 32.1. The molecule has 0 bridgehead atoms. The molecule has 1 aliphatic rings. The van der Waals surface area contributed by atoms with Gasteiger partial charge in [0.1, 0.15) is 0 Å². The van der Waals surface area contributed by atoms with Crippen LogP contribution in [0.3, 0.4) is 0 Å². The Morgan fingerprint density at radius 3 is 2.79 bits per heavy atom. The topological polar surface area (TPSA) is 37.8 Å². The van der Waals surface area contributed by atoms with Crippen LogP contribution in [-0.4, -0.2) is 16.5 Å². The summed E-state index contributed by atoms with van der Waals surface area (Å²) in [7, 11) is 0. The summed E-state index contributed by atoms with van der Waals surface area (Å²) < 4.78 is 0. The zero-order valence-electron chi connectivity index (χ0n) is 11.7. The van der Waals surface area contributed by atoms with Crippen LogP contribution in [0.15, 0.2) is 10.8 Å². The maximum Gasteiger partial charge on any atom is 0.160 e. The van der Waals surface area contributed by atoms with E-state index >= 15 is 0 Å². The van der Waals surface area contributed by atoms with Crippen molar-refractivity contribution >= 4 is 11.3 Å². The zero-order valence-corrected chi connectivity index (χ0v) is 12.5. The van der Waals surface area contributed by atoms with Gasteiger partial charge in [-0.2, -0.15) is 11.3 Å². The molecule has 1 aliphatic heterocycles. The van der Waals surface area contributed by atoms with Crippen molar-refractivity contribution in [1.82, 2.24) is 15.3 Å². The fourth-order valence-corrected chi connectivity index (χ4v) is 3.40. The third-order valence-corrected chi connectivity index (χ3v) is 4.47. The first kappa shape index (κ1) is 12.8. The predicted molar refractivity (Wildman–Crippen MR) is 79.6 cm³/mol. The van der Waals surface area contributed by atoms with E-state index in [-0.39, 0.29) is 0 Å². The molecule has 0 fully saturated rings. The summed E-state index contributed by atoms with van der Waals surface area (Å²) in [6.07, 6.45) is 1.05. The molecule has 0 unspecified atom stereocenters. The van der Waals surface area contributed by atoms with Crippen molar-refractivity contribution in [1.29, 1.82) is 0 Å². The number of nitrogens with one attached hydrogen (secondary N) is 1. The predicted octanol–water partition coefficient (Wildman–Crippen LogP) is 3.28. The number of thiophene rings is 1. The van der Waals surface area contributed by atoms with Crippen molar-refractivity contribution in [2.45, 2.75) is 39.7 Å². The number of hydrogen-bond donors (Lipinski definition) is 1. The average Bonchev–Trinajstić information content (AvgIpc) is 2.83. The maximum absolute atomic E-state index is 4.86. The number of fused-ring (bicyclic) bond motifs is 1. The van der Waals surface area contributed by atoms with Crippen LogP contribution in [0.1, 0.15) is 42.3 Å². The van der Waals surface area contributed by atoms with Gasteiger partial charge in [0.15, 0.2) is 5.82 Å². The highest BCUT2D eigenvalue weighted by molar-refractivity contribution is 7.08. The van der Waals surface area contributed by atoms with E-state index in [2.05, 4.69) is 36.8 Å². The van der Waals surface area contributed by atoms with Gasteiger partial charge in [-0.3, -0.25) is 0 Å². The maximum atomic E-state index is 4.86. The standard InChI is InChI=1S/C15H19N3S/c1-9(2)14-11-4-5-16-6-13(11)17-15(18-14)12-8-19-7-10(12)3/h7-9,16H,4-6H2,1-3H3. The molecule has 3 heterocycles. The van der Waals surface area contributed by atoms with E-state index in [9.17, 15) is 0 Å². The van der Waals surface area contributed by atoms with Gasteiger partial charge in [0.25, 0.3) is 0 Å². The summed E-state index contributed by atoms with van der Waals surface area (Å²) in [5.41, 5.74) is 6.23. The molecule has 0 aliphatic carbocycles. The summed E-state index contributed by atoms with van der Waals surface area (Å²) >= 11 is 1.72. The van der Waals surface area contributed by atoms with E-state index in [1.54, 1.807) is 11.3 Å². The molecule has 100 valence electrons. The van der Waals surface area contributed by atoms with E-state index in [0.717, 1.165) is 25.3 Å². The molecule has 19 heavy (non-hydrogen) atoms. The minimum atomic E-state index is 0.451. The van der Waals surface area contributed by atoms with Gasteiger partial charge in [-0.05, 0) is 42.3 Å². The normalized spacial score (nSPS) is 14.7. The fraction of sp³-hybridized carbons (Fsp3) is 0.467. The molecular weight excluding hydrogens is 254 g/mol. The van der Waals surface area contributed by atoms with Crippen LogP contribution in [0.25, 0.3) is 11.4 Å². The van der Waals surface area contributed by atoms with Gasteiger partial charge in [-0.1, -0.05) is 13.8 Å². The lowest BCUT2D eigenvalue weighted by molar-refractivity contribution is 0.609. The lowest BCUT2D eigenvalue weighted by Crippen LogP contribution is -2.27. The first-order chi connectivity index (χ1) is 9.16. The van der Waals surface area contributed by atoms with Crippen molar-refractivity contribution in [2.24, 2.45) is 0 Å². The molecule has 0 amide bonds. The summed E-state index contributed by atoms with van der Waals surface area (Å²) in [4.78, 5) is 9.65. The zero-order chi connectivity index (χ0) is 13.4. The molecule has 2 aromatic heterocycles. The second kappa shape index (κ2) is 5.02. The Kier molecular flexibility index (Phi) is 3.37. The second-order valence-electron chi connectivity index (χ2n) is 5.41. The third kappa shape index (κ3) is 2.30. The van der Waals surface area contributed by atoms with E-state index in [4.69, 9.17) is 9.97 Å². The Hall–Kier alpha value is -1.26. The van der Waals surface area contributed by atoms with E-state index < -0.39 is 0 Å². The van der Waals surface area contributed by atoms with Crippen LogP contribution in [-0.2, 0) is 13.0 Å². The summed E-state index contributed by atoms with van der Waals surface area (Å²) in [5, 5.41) is 7.71. The number of rotatable bonds is 2. The first-order valence-electron chi connectivity index (χ1n) is 6.80. The Labute approximate surface area is 118 Å². The molecule has 0 saturated heterocycles. The van der Waals surface area contributed by atoms with Crippen LogP contribution in [0.5, 0.6) is 0 Å². The van der Waals surface area contributed by atoms with Crippen molar-refractivity contribution in [3.05, 3.63) is 33.3 Å². The molecule has 3 rings (SSSR count). The Bertz CT molecular complexity index is 601. The monoisotopic (exact) mass is 273 g/mol. The van der Waals surface area contributed by atoms with Crippen LogP contribution in [0, 0.1) is 6.92 Å².